The summed E-state index contributed by atoms with van der Waals surface area (Å²) in [6.07, 6.45) is 2.39. The summed E-state index contributed by atoms with van der Waals surface area (Å²) in [7, 11) is 1.63. The lowest BCUT2D eigenvalue weighted by atomic mass is 9.98. The van der Waals surface area contributed by atoms with Crippen LogP contribution in [0.4, 0.5) is 0 Å². The first-order valence-corrected chi connectivity index (χ1v) is 5.70. The fraction of sp³-hybridized carbons (Fsp3) is 0.0625. The van der Waals surface area contributed by atoms with Crippen LogP contribution < -0.4 is 4.74 Å². The first-order chi connectivity index (χ1) is 8.85. The Kier molecular flexibility index (Phi) is 3.92. The van der Waals surface area contributed by atoms with Gasteiger partial charge in [0.25, 0.3) is 0 Å². The molecule has 2 nitrogen and oxygen atoms in total. The number of benzene rings is 2. The minimum atomic E-state index is 0.803. The predicted molar refractivity (Wildman–Crippen MR) is 72.6 cm³/mol. The number of ether oxygens (including phenoxy) is 1. The lowest BCUT2D eigenvalue weighted by Crippen LogP contribution is -1.89. The van der Waals surface area contributed by atoms with Crippen molar-refractivity contribution in [2.45, 2.75) is 0 Å². The lowest BCUT2D eigenvalue weighted by Gasteiger charge is -2.08. The molecule has 0 aliphatic heterocycles. The molecule has 0 fully saturated rings. The molecule has 2 rings (SSSR count). The molecule has 0 amide bonds. The molecule has 90 valence electrons. The fourth-order valence-corrected chi connectivity index (χ4v) is 1.82. The van der Waals surface area contributed by atoms with Crippen LogP contribution in [-0.4, -0.2) is 13.4 Å². The molecular formula is C16H14O2. The van der Waals surface area contributed by atoms with Crippen LogP contribution in [-0.2, 0) is 4.79 Å². The van der Waals surface area contributed by atoms with Crippen LogP contribution in [0, 0.1) is 0 Å². The molecule has 0 radical (unpaired) electrons. The molecule has 0 N–H and O–H groups in total. The zero-order valence-corrected chi connectivity index (χ0v) is 10.2. The minimum Gasteiger partial charge on any atom is -0.497 e. The third-order valence-electron chi connectivity index (χ3n) is 2.72. The summed E-state index contributed by atoms with van der Waals surface area (Å²) in [6.45, 7) is 0. The van der Waals surface area contributed by atoms with Gasteiger partial charge >= 0.3 is 0 Å². The molecule has 2 aromatic rings. The highest BCUT2D eigenvalue weighted by atomic mass is 16.5. The van der Waals surface area contributed by atoms with Crippen molar-refractivity contribution in [1.82, 2.24) is 0 Å². The van der Waals surface area contributed by atoms with Crippen molar-refractivity contribution in [1.29, 1.82) is 0 Å². The molecule has 0 saturated carbocycles. The Hall–Kier alpha value is -2.35. The van der Waals surface area contributed by atoms with E-state index in [1.165, 1.54) is 0 Å². The van der Waals surface area contributed by atoms with Gasteiger partial charge in [0.2, 0.25) is 0 Å². The summed E-state index contributed by atoms with van der Waals surface area (Å²) >= 11 is 0. The smallest absolute Gasteiger partial charge is 0.143 e. The van der Waals surface area contributed by atoms with Gasteiger partial charge in [0, 0.05) is 0 Å². The van der Waals surface area contributed by atoms with Crippen LogP contribution >= 0.6 is 0 Å². The third kappa shape index (κ3) is 2.66. The standard InChI is InChI=1S/C16H14O2/c1-18-15-9-7-14(8-10-15)16(11-12-17)13-5-3-2-4-6-13/h2-12H,1H3/b16-11+. The Balaban J connectivity index is 2.42. The first-order valence-electron chi connectivity index (χ1n) is 5.70. The number of carbonyl (C=O) groups is 1. The SMILES string of the molecule is COc1ccc(/C(=C/C=O)c2ccccc2)cc1. The molecule has 2 heteroatoms. The van der Waals surface area contributed by atoms with E-state index in [1.807, 2.05) is 54.6 Å². The Labute approximate surface area is 107 Å². The van der Waals surface area contributed by atoms with Gasteiger partial charge in [0.1, 0.15) is 12.0 Å². The third-order valence-corrected chi connectivity index (χ3v) is 2.72. The highest BCUT2D eigenvalue weighted by molar-refractivity contribution is 5.89. The van der Waals surface area contributed by atoms with E-state index in [4.69, 9.17) is 4.74 Å². The van der Waals surface area contributed by atoms with Crippen molar-refractivity contribution in [2.75, 3.05) is 7.11 Å². The van der Waals surface area contributed by atoms with Gasteiger partial charge in [-0.25, -0.2) is 0 Å². The molecule has 0 unspecified atom stereocenters. The molecule has 18 heavy (non-hydrogen) atoms. The van der Waals surface area contributed by atoms with Crippen LogP contribution in [0.2, 0.25) is 0 Å². The van der Waals surface area contributed by atoms with Crippen LogP contribution in [0.5, 0.6) is 5.75 Å². The van der Waals surface area contributed by atoms with Gasteiger partial charge in [-0.3, -0.25) is 4.79 Å². The average molecular weight is 238 g/mol. The van der Waals surface area contributed by atoms with E-state index in [-0.39, 0.29) is 0 Å². The van der Waals surface area contributed by atoms with E-state index in [2.05, 4.69) is 0 Å². The zero-order chi connectivity index (χ0) is 12.8. The van der Waals surface area contributed by atoms with Crippen molar-refractivity contribution < 1.29 is 9.53 Å². The van der Waals surface area contributed by atoms with Gasteiger partial charge in [-0.05, 0) is 34.9 Å². The number of rotatable bonds is 4. The molecule has 0 aromatic heterocycles. The van der Waals surface area contributed by atoms with Crippen LogP contribution in [0.3, 0.4) is 0 Å². The number of allylic oxidation sites excluding steroid dienone is 1. The van der Waals surface area contributed by atoms with E-state index in [0.29, 0.717) is 0 Å². The topological polar surface area (TPSA) is 26.3 Å². The Morgan fingerprint density at radius 1 is 0.944 bits per heavy atom. The maximum atomic E-state index is 10.8. The molecule has 2 aromatic carbocycles. The van der Waals surface area contributed by atoms with E-state index >= 15 is 0 Å². The molecule has 0 heterocycles. The molecule has 0 aliphatic rings. The zero-order valence-electron chi connectivity index (χ0n) is 10.2. The average Bonchev–Trinajstić information content (AvgIpc) is 2.46. The van der Waals surface area contributed by atoms with Gasteiger partial charge in [-0.1, -0.05) is 42.5 Å². The number of aldehydes is 1. The molecule has 0 bridgehead atoms. The second-order valence-corrected chi connectivity index (χ2v) is 3.81. The van der Waals surface area contributed by atoms with Gasteiger partial charge < -0.3 is 4.74 Å². The maximum absolute atomic E-state index is 10.8. The lowest BCUT2D eigenvalue weighted by molar-refractivity contribution is -0.104. The van der Waals surface area contributed by atoms with Crippen molar-refractivity contribution in [3.8, 4) is 5.75 Å². The van der Waals surface area contributed by atoms with Crippen molar-refractivity contribution in [3.63, 3.8) is 0 Å². The van der Waals surface area contributed by atoms with Gasteiger partial charge in [0.05, 0.1) is 7.11 Å². The monoisotopic (exact) mass is 238 g/mol. The van der Waals surface area contributed by atoms with Crippen molar-refractivity contribution >= 4 is 11.9 Å². The second kappa shape index (κ2) is 5.82. The highest BCUT2D eigenvalue weighted by Gasteiger charge is 2.04. The van der Waals surface area contributed by atoms with E-state index < -0.39 is 0 Å². The summed E-state index contributed by atoms with van der Waals surface area (Å²) in [6, 6.07) is 17.5. The Morgan fingerprint density at radius 3 is 2.11 bits per heavy atom. The van der Waals surface area contributed by atoms with Gasteiger partial charge in [0.15, 0.2) is 0 Å². The largest absolute Gasteiger partial charge is 0.497 e. The van der Waals surface area contributed by atoms with Crippen molar-refractivity contribution in [2.24, 2.45) is 0 Å². The number of carbonyl (C=O) groups excluding carboxylic acids is 1. The molecule has 0 saturated heterocycles. The van der Waals surface area contributed by atoms with Crippen molar-refractivity contribution in [3.05, 3.63) is 71.8 Å². The van der Waals surface area contributed by atoms with Gasteiger partial charge in [-0.15, -0.1) is 0 Å². The van der Waals surface area contributed by atoms with E-state index in [9.17, 15) is 4.79 Å². The summed E-state index contributed by atoms with van der Waals surface area (Å²) in [4.78, 5) is 10.8. The van der Waals surface area contributed by atoms with Gasteiger partial charge in [-0.2, -0.15) is 0 Å². The van der Waals surface area contributed by atoms with E-state index in [0.717, 1.165) is 28.7 Å². The van der Waals surface area contributed by atoms with Crippen LogP contribution in [0.25, 0.3) is 5.57 Å². The summed E-state index contributed by atoms with van der Waals surface area (Å²) < 4.78 is 5.13. The summed E-state index contributed by atoms with van der Waals surface area (Å²) in [5.74, 6) is 0.803. The normalized spacial score (nSPS) is 11.1. The number of methoxy groups -OCH3 is 1. The number of hydrogen-bond acceptors (Lipinski definition) is 2. The molecule has 0 atom stereocenters. The molecular weight excluding hydrogens is 224 g/mol. The first kappa shape index (κ1) is 12.1. The number of hydrogen-bond donors (Lipinski definition) is 0. The summed E-state index contributed by atoms with van der Waals surface area (Å²) in [5, 5.41) is 0. The molecule has 0 aliphatic carbocycles. The second-order valence-electron chi connectivity index (χ2n) is 3.81. The maximum Gasteiger partial charge on any atom is 0.143 e. The minimum absolute atomic E-state index is 0.803. The van der Waals surface area contributed by atoms with E-state index in [1.54, 1.807) is 13.2 Å². The molecule has 0 spiro atoms. The van der Waals surface area contributed by atoms with Crippen LogP contribution in [0.1, 0.15) is 11.1 Å². The van der Waals surface area contributed by atoms with Crippen LogP contribution in [0.15, 0.2) is 60.7 Å². The summed E-state index contributed by atoms with van der Waals surface area (Å²) in [5.41, 5.74) is 2.93. The Bertz CT molecular complexity index is 539. The quantitative estimate of drug-likeness (QED) is 0.603. The fourth-order valence-electron chi connectivity index (χ4n) is 1.82. The Morgan fingerprint density at radius 2 is 1.56 bits per heavy atom. The predicted octanol–water partition coefficient (Wildman–Crippen LogP) is 3.33. The highest BCUT2D eigenvalue weighted by Crippen LogP contribution is 2.24.